The van der Waals surface area contributed by atoms with E-state index in [1.165, 1.54) is 21.3 Å². The minimum absolute atomic E-state index is 0.0892. The van der Waals surface area contributed by atoms with Crippen LogP contribution in [0.5, 0.6) is 0 Å². The lowest BCUT2D eigenvalue weighted by Crippen LogP contribution is -2.26. The summed E-state index contributed by atoms with van der Waals surface area (Å²) >= 11 is 1.62. The maximum atomic E-state index is 12.9. The van der Waals surface area contributed by atoms with Gasteiger partial charge in [-0.05, 0) is 49.1 Å². The van der Waals surface area contributed by atoms with E-state index in [1.54, 1.807) is 11.3 Å². The third-order valence-electron chi connectivity index (χ3n) is 5.30. The molecule has 0 aliphatic heterocycles. The van der Waals surface area contributed by atoms with Crippen LogP contribution in [-0.4, -0.2) is 22.1 Å². The number of aromatic nitrogens is 2. The Labute approximate surface area is 168 Å². The topological polar surface area (TPSA) is 61.2 Å². The molecular formula is C22H24N2O3S. The lowest BCUT2D eigenvalue weighted by molar-refractivity contribution is -0.144. The third-order valence-corrected chi connectivity index (χ3v) is 6.46. The van der Waals surface area contributed by atoms with Crippen molar-refractivity contribution in [3.63, 3.8) is 0 Å². The first-order chi connectivity index (χ1) is 13.6. The molecular weight excluding hydrogens is 372 g/mol. The maximum absolute atomic E-state index is 12.9. The second-order valence-corrected chi connectivity index (χ2v) is 8.60. The van der Waals surface area contributed by atoms with Gasteiger partial charge in [-0.15, -0.1) is 11.3 Å². The van der Waals surface area contributed by atoms with Crippen LogP contribution in [0.1, 0.15) is 35.8 Å². The number of thiophene rings is 1. The van der Waals surface area contributed by atoms with Crippen molar-refractivity contribution in [1.29, 1.82) is 0 Å². The van der Waals surface area contributed by atoms with Gasteiger partial charge in [0.2, 0.25) is 0 Å². The molecule has 1 aliphatic carbocycles. The van der Waals surface area contributed by atoms with Crippen molar-refractivity contribution in [3.05, 3.63) is 63.0 Å². The average Bonchev–Trinajstić information content (AvgIpc) is 3.06. The Balaban J connectivity index is 1.39. The molecule has 2 aromatic heterocycles. The monoisotopic (exact) mass is 396 g/mol. The highest BCUT2D eigenvalue weighted by Gasteiger charge is 2.23. The van der Waals surface area contributed by atoms with Crippen molar-refractivity contribution in [2.45, 2.75) is 45.6 Å². The second-order valence-electron chi connectivity index (χ2n) is 7.52. The zero-order valence-corrected chi connectivity index (χ0v) is 16.8. The largest absolute Gasteiger partial charge is 0.464 e. The van der Waals surface area contributed by atoms with Gasteiger partial charge in [-0.1, -0.05) is 37.3 Å². The normalized spacial score (nSPS) is 16.1. The lowest BCUT2D eigenvalue weighted by Gasteiger charge is -2.17. The van der Waals surface area contributed by atoms with Gasteiger partial charge < -0.3 is 4.74 Å². The summed E-state index contributed by atoms with van der Waals surface area (Å²) < 4.78 is 6.70. The van der Waals surface area contributed by atoms with Crippen LogP contribution < -0.4 is 5.56 Å². The summed E-state index contributed by atoms with van der Waals surface area (Å²) in [6.07, 6.45) is 6.12. The predicted molar refractivity (Wildman–Crippen MR) is 111 cm³/mol. The Hall–Kier alpha value is -2.47. The van der Waals surface area contributed by atoms with Crippen LogP contribution in [0.25, 0.3) is 10.2 Å². The summed E-state index contributed by atoms with van der Waals surface area (Å²) in [4.78, 5) is 31.6. The van der Waals surface area contributed by atoms with Crippen molar-refractivity contribution < 1.29 is 9.53 Å². The number of esters is 1. The number of rotatable bonds is 6. The summed E-state index contributed by atoms with van der Waals surface area (Å²) in [6.45, 7) is 2.50. The lowest BCUT2D eigenvalue weighted by atomic mass is 9.89. The van der Waals surface area contributed by atoms with Gasteiger partial charge in [0.25, 0.3) is 5.56 Å². The van der Waals surface area contributed by atoms with Crippen molar-refractivity contribution >= 4 is 27.5 Å². The van der Waals surface area contributed by atoms with Crippen molar-refractivity contribution in [3.8, 4) is 0 Å². The fourth-order valence-corrected chi connectivity index (χ4v) is 5.11. The van der Waals surface area contributed by atoms with Crippen LogP contribution in [0.2, 0.25) is 0 Å². The molecule has 0 bridgehead atoms. The number of carbonyl (C=O) groups excluding carboxylic acids is 1. The smallest absolute Gasteiger partial charge is 0.326 e. The Bertz CT molecular complexity index is 1040. The van der Waals surface area contributed by atoms with Gasteiger partial charge >= 0.3 is 5.97 Å². The van der Waals surface area contributed by atoms with E-state index in [1.807, 2.05) is 18.2 Å². The van der Waals surface area contributed by atoms with Gasteiger partial charge in [0.15, 0.2) is 0 Å². The molecule has 4 rings (SSSR count). The Morgan fingerprint density at radius 3 is 2.96 bits per heavy atom. The van der Waals surface area contributed by atoms with Crippen molar-refractivity contribution in [1.82, 2.24) is 9.55 Å². The fourth-order valence-electron chi connectivity index (χ4n) is 3.77. The number of nitrogens with zero attached hydrogens (tertiary/aromatic N) is 2. The molecule has 0 saturated carbocycles. The van der Waals surface area contributed by atoms with E-state index in [4.69, 9.17) is 4.74 Å². The number of benzene rings is 1. The summed E-state index contributed by atoms with van der Waals surface area (Å²) in [5.74, 6) is 0.252. The molecule has 5 nitrogen and oxygen atoms in total. The number of carbonyl (C=O) groups is 1. The first kappa shape index (κ1) is 18.9. The number of aryl methyl sites for hydroxylation is 2. The Morgan fingerprint density at radius 2 is 2.14 bits per heavy atom. The SMILES string of the molecule is C[C@@H]1CCc2c(sc3ncn(CC(=O)OCCCc4ccccc4)c(=O)c23)C1. The zero-order valence-electron chi connectivity index (χ0n) is 16.0. The number of fused-ring (bicyclic) bond motifs is 3. The van der Waals surface area contributed by atoms with Gasteiger partial charge in [-0.25, -0.2) is 4.98 Å². The van der Waals surface area contributed by atoms with Crippen LogP contribution in [0.4, 0.5) is 0 Å². The Kier molecular flexibility index (Phi) is 5.57. The quantitative estimate of drug-likeness (QED) is 0.470. The first-order valence-electron chi connectivity index (χ1n) is 9.81. The van der Waals surface area contributed by atoms with Crippen molar-refractivity contribution in [2.75, 3.05) is 6.61 Å². The minimum Gasteiger partial charge on any atom is -0.464 e. The van der Waals surface area contributed by atoms with Gasteiger partial charge in [-0.3, -0.25) is 14.2 Å². The maximum Gasteiger partial charge on any atom is 0.326 e. The molecule has 2 heterocycles. The van der Waals surface area contributed by atoms with E-state index in [0.29, 0.717) is 17.9 Å². The molecule has 0 fully saturated rings. The molecule has 0 amide bonds. The summed E-state index contributed by atoms with van der Waals surface area (Å²) in [7, 11) is 0. The van der Waals surface area contributed by atoms with Crippen LogP contribution in [0, 0.1) is 5.92 Å². The van der Waals surface area contributed by atoms with E-state index in [-0.39, 0.29) is 12.1 Å². The zero-order chi connectivity index (χ0) is 19.5. The molecule has 3 aromatic rings. The molecule has 146 valence electrons. The summed E-state index contributed by atoms with van der Waals surface area (Å²) in [6, 6.07) is 10.1. The van der Waals surface area contributed by atoms with Crippen molar-refractivity contribution in [2.24, 2.45) is 5.92 Å². The molecule has 28 heavy (non-hydrogen) atoms. The van der Waals surface area contributed by atoms with E-state index >= 15 is 0 Å². The molecule has 0 radical (unpaired) electrons. The second kappa shape index (κ2) is 8.27. The predicted octanol–water partition coefficient (Wildman–Crippen LogP) is 3.76. The molecule has 1 aliphatic rings. The van der Waals surface area contributed by atoms with Crippen LogP contribution in [0.3, 0.4) is 0 Å². The van der Waals surface area contributed by atoms with Gasteiger partial charge in [0, 0.05) is 4.88 Å². The van der Waals surface area contributed by atoms with Crippen LogP contribution >= 0.6 is 11.3 Å². The highest BCUT2D eigenvalue weighted by atomic mass is 32.1. The third kappa shape index (κ3) is 4.02. The van der Waals surface area contributed by atoms with Gasteiger partial charge in [0.1, 0.15) is 11.4 Å². The molecule has 1 aromatic carbocycles. The fraction of sp³-hybridized carbons (Fsp3) is 0.409. The average molecular weight is 397 g/mol. The van der Waals surface area contributed by atoms with E-state index in [0.717, 1.165) is 42.5 Å². The summed E-state index contributed by atoms with van der Waals surface area (Å²) in [5.41, 5.74) is 2.24. The molecule has 0 N–H and O–H groups in total. The van der Waals surface area contributed by atoms with Gasteiger partial charge in [-0.2, -0.15) is 0 Å². The molecule has 0 saturated heterocycles. The van der Waals surface area contributed by atoms with E-state index in [2.05, 4.69) is 24.0 Å². The highest BCUT2D eigenvalue weighted by Crippen LogP contribution is 2.35. The van der Waals surface area contributed by atoms with E-state index < -0.39 is 5.97 Å². The van der Waals surface area contributed by atoms with Gasteiger partial charge in [0.05, 0.1) is 18.3 Å². The minimum atomic E-state index is -0.394. The molecule has 1 atom stereocenters. The number of ether oxygens (including phenoxy) is 1. The number of hydrogen-bond donors (Lipinski definition) is 0. The van der Waals surface area contributed by atoms with Crippen LogP contribution in [-0.2, 0) is 35.3 Å². The van der Waals surface area contributed by atoms with E-state index in [9.17, 15) is 9.59 Å². The molecule has 0 unspecified atom stereocenters. The standard InChI is InChI=1S/C22H24N2O3S/c1-15-9-10-17-18(12-15)28-21-20(17)22(26)24(14-23-21)13-19(25)27-11-5-8-16-6-3-2-4-7-16/h2-4,6-7,14-15H,5,8-13H2,1H3/t15-/m1/s1. The van der Waals surface area contributed by atoms with Crippen LogP contribution in [0.15, 0.2) is 41.5 Å². The highest BCUT2D eigenvalue weighted by molar-refractivity contribution is 7.18. The number of hydrogen-bond acceptors (Lipinski definition) is 5. The molecule has 6 heteroatoms. The Morgan fingerprint density at radius 1 is 1.32 bits per heavy atom. The molecule has 0 spiro atoms. The first-order valence-corrected chi connectivity index (χ1v) is 10.6. The summed E-state index contributed by atoms with van der Waals surface area (Å²) in [5, 5.41) is 0.700.